The highest BCUT2D eigenvalue weighted by atomic mass is 15.3. The lowest BCUT2D eigenvalue weighted by Gasteiger charge is -2.23. The second kappa shape index (κ2) is 4.55. The summed E-state index contributed by atoms with van der Waals surface area (Å²) < 4.78 is 1.94. The maximum absolute atomic E-state index is 4.27. The zero-order valence-electron chi connectivity index (χ0n) is 8.74. The Morgan fingerprint density at radius 1 is 1.57 bits per heavy atom. The van der Waals surface area contributed by atoms with E-state index in [1.165, 1.54) is 32.2 Å². The third-order valence-corrected chi connectivity index (χ3v) is 2.77. The number of rotatable bonds is 3. The van der Waals surface area contributed by atoms with E-state index in [2.05, 4.69) is 15.4 Å². The Kier molecular flexibility index (Phi) is 3.14. The van der Waals surface area contributed by atoms with Gasteiger partial charge in [-0.3, -0.25) is 4.68 Å². The molecule has 14 heavy (non-hydrogen) atoms. The van der Waals surface area contributed by atoms with E-state index < -0.39 is 0 Å². The predicted molar refractivity (Wildman–Crippen MR) is 55.0 cm³/mol. The monoisotopic (exact) mass is 194 g/mol. The molecule has 0 spiro atoms. The molecule has 1 fully saturated rings. The van der Waals surface area contributed by atoms with Crippen molar-refractivity contribution in [2.24, 2.45) is 0 Å². The molecule has 78 valence electrons. The first-order valence-corrected chi connectivity index (χ1v) is 5.44. The summed E-state index contributed by atoms with van der Waals surface area (Å²) in [5, 5.41) is 7.81. The van der Waals surface area contributed by atoms with Crippen molar-refractivity contribution in [3.63, 3.8) is 0 Å². The molecule has 0 aliphatic carbocycles. The highest BCUT2D eigenvalue weighted by Crippen LogP contribution is 2.10. The van der Waals surface area contributed by atoms with Gasteiger partial charge >= 0.3 is 0 Å². The number of hydrogen-bond acceptors (Lipinski definition) is 3. The van der Waals surface area contributed by atoms with Crippen molar-refractivity contribution < 1.29 is 0 Å². The molecule has 1 N–H and O–H groups in total. The van der Waals surface area contributed by atoms with Gasteiger partial charge in [0.25, 0.3) is 0 Å². The summed E-state index contributed by atoms with van der Waals surface area (Å²) in [5.74, 6) is 0.863. The van der Waals surface area contributed by atoms with Gasteiger partial charge in [-0.1, -0.05) is 6.42 Å². The van der Waals surface area contributed by atoms with Gasteiger partial charge in [0.2, 0.25) is 0 Å². The Labute approximate surface area is 84.7 Å². The van der Waals surface area contributed by atoms with Crippen LogP contribution in [0.4, 0.5) is 0 Å². The number of nitrogens with one attached hydrogen (secondary N) is 1. The number of aryl methyl sites for hydroxylation is 2. The number of aromatic nitrogens is 3. The summed E-state index contributed by atoms with van der Waals surface area (Å²) >= 11 is 0. The number of hydrogen-bond donors (Lipinski definition) is 1. The van der Waals surface area contributed by atoms with Gasteiger partial charge in [0.15, 0.2) is 0 Å². The van der Waals surface area contributed by atoms with Crippen LogP contribution in [0.2, 0.25) is 0 Å². The standard InChI is InChI=1S/C10H18N4/c1-9-12-8-14(13-9)7-5-10-4-2-3-6-11-10/h8,10-11H,2-7H2,1H3. The first-order chi connectivity index (χ1) is 6.84. The predicted octanol–water partition coefficient (Wildman–Crippen LogP) is 1.12. The van der Waals surface area contributed by atoms with E-state index in [0.717, 1.165) is 12.4 Å². The molecule has 0 saturated carbocycles. The molecule has 4 nitrogen and oxygen atoms in total. The van der Waals surface area contributed by atoms with Crippen LogP contribution in [0.15, 0.2) is 6.33 Å². The molecule has 4 heteroatoms. The largest absolute Gasteiger partial charge is 0.314 e. The second-order valence-electron chi connectivity index (χ2n) is 3.99. The van der Waals surface area contributed by atoms with Gasteiger partial charge in [-0.15, -0.1) is 0 Å². The first-order valence-electron chi connectivity index (χ1n) is 5.44. The topological polar surface area (TPSA) is 42.7 Å². The third kappa shape index (κ3) is 2.54. The minimum Gasteiger partial charge on any atom is -0.314 e. The molecule has 2 heterocycles. The fourth-order valence-corrected chi connectivity index (χ4v) is 1.95. The highest BCUT2D eigenvalue weighted by Gasteiger charge is 2.12. The van der Waals surface area contributed by atoms with E-state index >= 15 is 0 Å². The third-order valence-electron chi connectivity index (χ3n) is 2.77. The zero-order chi connectivity index (χ0) is 9.80. The van der Waals surface area contributed by atoms with Gasteiger partial charge < -0.3 is 5.32 Å². The Morgan fingerprint density at radius 2 is 2.50 bits per heavy atom. The maximum Gasteiger partial charge on any atom is 0.147 e. The van der Waals surface area contributed by atoms with E-state index in [-0.39, 0.29) is 0 Å². The van der Waals surface area contributed by atoms with Crippen LogP contribution in [0, 0.1) is 6.92 Å². The smallest absolute Gasteiger partial charge is 0.147 e. The van der Waals surface area contributed by atoms with Crippen LogP contribution < -0.4 is 5.32 Å². The fourth-order valence-electron chi connectivity index (χ4n) is 1.95. The first kappa shape index (κ1) is 9.65. The van der Waals surface area contributed by atoms with Crippen molar-refractivity contribution in [1.29, 1.82) is 0 Å². The minimum absolute atomic E-state index is 0.688. The van der Waals surface area contributed by atoms with Crippen LogP contribution in [0.1, 0.15) is 31.5 Å². The van der Waals surface area contributed by atoms with Crippen LogP contribution in [0.25, 0.3) is 0 Å². The maximum atomic E-state index is 4.27. The summed E-state index contributed by atoms with van der Waals surface area (Å²) in [6, 6.07) is 0.688. The van der Waals surface area contributed by atoms with Crippen LogP contribution in [0.3, 0.4) is 0 Å². The lowest BCUT2D eigenvalue weighted by molar-refractivity contribution is 0.360. The van der Waals surface area contributed by atoms with Gasteiger partial charge in [0.1, 0.15) is 12.2 Å². The van der Waals surface area contributed by atoms with Gasteiger partial charge in [-0.05, 0) is 32.7 Å². The van der Waals surface area contributed by atoms with Gasteiger partial charge in [-0.2, -0.15) is 5.10 Å². The normalized spacial score (nSPS) is 22.5. The van der Waals surface area contributed by atoms with E-state index in [1.807, 2.05) is 17.9 Å². The molecular weight excluding hydrogens is 176 g/mol. The van der Waals surface area contributed by atoms with Crippen LogP contribution in [-0.2, 0) is 6.54 Å². The Balaban J connectivity index is 1.76. The average molecular weight is 194 g/mol. The van der Waals surface area contributed by atoms with E-state index in [4.69, 9.17) is 0 Å². The molecule has 0 radical (unpaired) electrons. The molecule has 1 aromatic heterocycles. The van der Waals surface area contributed by atoms with E-state index in [9.17, 15) is 0 Å². The fraction of sp³-hybridized carbons (Fsp3) is 0.800. The zero-order valence-corrected chi connectivity index (χ0v) is 8.74. The highest BCUT2D eigenvalue weighted by molar-refractivity contribution is 4.76. The Bertz CT molecular complexity index is 275. The van der Waals surface area contributed by atoms with Crippen molar-refractivity contribution in [3.8, 4) is 0 Å². The van der Waals surface area contributed by atoms with Crippen molar-refractivity contribution >= 4 is 0 Å². The molecule has 1 aliphatic rings. The quantitative estimate of drug-likeness (QED) is 0.784. The van der Waals surface area contributed by atoms with Crippen LogP contribution in [0.5, 0.6) is 0 Å². The molecule has 0 bridgehead atoms. The molecule has 0 aromatic carbocycles. The molecular formula is C10H18N4. The van der Waals surface area contributed by atoms with E-state index in [0.29, 0.717) is 6.04 Å². The summed E-state index contributed by atoms with van der Waals surface area (Å²) in [4.78, 5) is 4.11. The Hall–Kier alpha value is -0.900. The van der Waals surface area contributed by atoms with Gasteiger partial charge in [0.05, 0.1) is 0 Å². The number of nitrogens with zero attached hydrogens (tertiary/aromatic N) is 3. The lowest BCUT2D eigenvalue weighted by atomic mass is 10.0. The molecule has 1 atom stereocenters. The summed E-state index contributed by atoms with van der Waals surface area (Å²) in [7, 11) is 0. The molecule has 1 unspecified atom stereocenters. The molecule has 2 rings (SSSR count). The van der Waals surface area contributed by atoms with Crippen molar-refractivity contribution in [2.45, 2.75) is 45.2 Å². The lowest BCUT2D eigenvalue weighted by Crippen LogP contribution is -2.34. The molecule has 0 amide bonds. The average Bonchev–Trinajstić information content (AvgIpc) is 2.63. The van der Waals surface area contributed by atoms with Crippen molar-refractivity contribution in [2.75, 3.05) is 6.54 Å². The Morgan fingerprint density at radius 3 is 3.14 bits per heavy atom. The summed E-state index contributed by atoms with van der Waals surface area (Å²) in [6.45, 7) is 4.09. The van der Waals surface area contributed by atoms with Crippen LogP contribution >= 0.6 is 0 Å². The van der Waals surface area contributed by atoms with Crippen molar-refractivity contribution in [3.05, 3.63) is 12.2 Å². The summed E-state index contributed by atoms with van der Waals surface area (Å²) in [6.07, 6.45) is 7.00. The number of piperidine rings is 1. The van der Waals surface area contributed by atoms with E-state index in [1.54, 1.807) is 0 Å². The van der Waals surface area contributed by atoms with Gasteiger partial charge in [-0.25, -0.2) is 4.98 Å². The molecule has 1 aromatic rings. The minimum atomic E-state index is 0.688. The van der Waals surface area contributed by atoms with Gasteiger partial charge in [0, 0.05) is 12.6 Å². The van der Waals surface area contributed by atoms with Crippen LogP contribution in [-0.4, -0.2) is 27.4 Å². The SMILES string of the molecule is Cc1ncn(CCC2CCCCN2)n1. The van der Waals surface area contributed by atoms with Crippen molar-refractivity contribution in [1.82, 2.24) is 20.1 Å². The molecule has 1 saturated heterocycles. The second-order valence-corrected chi connectivity index (χ2v) is 3.99. The summed E-state index contributed by atoms with van der Waals surface area (Å²) in [5.41, 5.74) is 0. The molecule has 1 aliphatic heterocycles.